The number of hydrogen-bond donors (Lipinski definition) is 0. The minimum absolute atomic E-state index is 0.307. The number of nitrogens with zero attached hydrogens (tertiary/aromatic N) is 1. The van der Waals surface area contributed by atoms with E-state index in [0.29, 0.717) is 24.6 Å². The largest absolute Gasteiger partial charge is 0.376 e. The molecular formula is C8H15NO2S. The summed E-state index contributed by atoms with van der Waals surface area (Å²) in [5.41, 5.74) is 0. The second-order valence-corrected chi connectivity index (χ2v) is 5.28. The van der Waals surface area contributed by atoms with Crippen LogP contribution in [0.4, 0.5) is 0 Å². The molecule has 0 N–H and O–H groups in total. The van der Waals surface area contributed by atoms with E-state index in [-0.39, 0.29) is 0 Å². The smallest absolute Gasteiger partial charge is 0.153 e. The van der Waals surface area contributed by atoms with Gasteiger partial charge in [0.2, 0.25) is 0 Å². The summed E-state index contributed by atoms with van der Waals surface area (Å²) in [6.45, 7) is 3.37. The van der Waals surface area contributed by atoms with Gasteiger partial charge in [0.15, 0.2) is 9.84 Å². The molecule has 0 saturated carbocycles. The van der Waals surface area contributed by atoms with Crippen LogP contribution in [0.1, 0.15) is 13.3 Å². The van der Waals surface area contributed by atoms with Gasteiger partial charge in [-0.1, -0.05) is 13.0 Å². The molecule has 0 amide bonds. The predicted octanol–water partition coefficient (Wildman–Crippen LogP) is 0.641. The SMILES string of the molecule is CC/C=C/N1CCS(=O)(=O)CC1. The average molecular weight is 189 g/mol. The molecule has 0 bridgehead atoms. The minimum Gasteiger partial charge on any atom is -0.376 e. The van der Waals surface area contributed by atoms with Gasteiger partial charge in [0, 0.05) is 13.1 Å². The summed E-state index contributed by atoms with van der Waals surface area (Å²) in [4.78, 5) is 2.06. The molecular weight excluding hydrogens is 174 g/mol. The number of allylic oxidation sites excluding steroid dienone is 1. The van der Waals surface area contributed by atoms with Gasteiger partial charge in [0.05, 0.1) is 11.5 Å². The summed E-state index contributed by atoms with van der Waals surface area (Å²) in [5, 5.41) is 0. The number of rotatable bonds is 2. The van der Waals surface area contributed by atoms with Gasteiger partial charge in [-0.3, -0.25) is 0 Å². The van der Waals surface area contributed by atoms with Crippen molar-refractivity contribution in [3.8, 4) is 0 Å². The Morgan fingerprint density at radius 3 is 2.42 bits per heavy atom. The van der Waals surface area contributed by atoms with Crippen LogP contribution in [0.25, 0.3) is 0 Å². The van der Waals surface area contributed by atoms with Gasteiger partial charge in [0.1, 0.15) is 0 Å². The Balaban J connectivity index is 2.41. The third kappa shape index (κ3) is 2.85. The molecule has 1 aliphatic rings. The van der Waals surface area contributed by atoms with Crippen LogP contribution in [0.5, 0.6) is 0 Å². The molecule has 1 rings (SSSR count). The van der Waals surface area contributed by atoms with E-state index in [4.69, 9.17) is 0 Å². The van der Waals surface area contributed by atoms with Crippen LogP contribution in [0.3, 0.4) is 0 Å². The van der Waals surface area contributed by atoms with Crippen molar-refractivity contribution in [2.75, 3.05) is 24.6 Å². The van der Waals surface area contributed by atoms with Crippen molar-refractivity contribution in [1.82, 2.24) is 4.90 Å². The van der Waals surface area contributed by atoms with Gasteiger partial charge < -0.3 is 4.90 Å². The van der Waals surface area contributed by atoms with Crippen molar-refractivity contribution >= 4 is 9.84 Å². The monoisotopic (exact) mass is 189 g/mol. The Morgan fingerprint density at radius 2 is 1.92 bits per heavy atom. The van der Waals surface area contributed by atoms with Crippen molar-refractivity contribution in [2.24, 2.45) is 0 Å². The van der Waals surface area contributed by atoms with Gasteiger partial charge in [-0.25, -0.2) is 8.42 Å². The maximum atomic E-state index is 11.0. The molecule has 0 aliphatic carbocycles. The normalized spacial score (nSPS) is 23.2. The van der Waals surface area contributed by atoms with E-state index in [9.17, 15) is 8.42 Å². The lowest BCUT2D eigenvalue weighted by atomic mass is 10.4. The third-order valence-electron chi connectivity index (χ3n) is 1.93. The lowest BCUT2D eigenvalue weighted by molar-refractivity contribution is 0.401. The van der Waals surface area contributed by atoms with Crippen molar-refractivity contribution in [2.45, 2.75) is 13.3 Å². The summed E-state index contributed by atoms with van der Waals surface area (Å²) in [5.74, 6) is 0.613. The highest BCUT2D eigenvalue weighted by Gasteiger charge is 2.18. The first-order chi connectivity index (χ1) is 5.64. The second-order valence-electron chi connectivity index (χ2n) is 2.98. The predicted molar refractivity (Wildman–Crippen MR) is 49.7 cm³/mol. The molecule has 1 heterocycles. The molecule has 4 heteroatoms. The molecule has 1 aliphatic heterocycles. The third-order valence-corrected chi connectivity index (χ3v) is 3.54. The molecule has 12 heavy (non-hydrogen) atoms. The van der Waals surface area contributed by atoms with Gasteiger partial charge >= 0.3 is 0 Å². The maximum Gasteiger partial charge on any atom is 0.153 e. The average Bonchev–Trinajstić information content (AvgIpc) is 2.03. The van der Waals surface area contributed by atoms with Crippen LogP contribution in [0.2, 0.25) is 0 Å². The Bertz CT molecular complexity index is 242. The van der Waals surface area contributed by atoms with Crippen molar-refractivity contribution in [1.29, 1.82) is 0 Å². The molecule has 70 valence electrons. The van der Waals surface area contributed by atoms with Gasteiger partial charge in [-0.2, -0.15) is 0 Å². The Hall–Kier alpha value is -0.510. The molecule has 0 aromatic rings. The first-order valence-corrected chi connectivity index (χ1v) is 6.07. The zero-order valence-electron chi connectivity index (χ0n) is 7.36. The van der Waals surface area contributed by atoms with Gasteiger partial charge in [-0.15, -0.1) is 0 Å². The van der Waals surface area contributed by atoms with E-state index in [1.165, 1.54) is 0 Å². The van der Waals surface area contributed by atoms with Crippen molar-refractivity contribution < 1.29 is 8.42 Å². The summed E-state index contributed by atoms with van der Waals surface area (Å²) in [6.07, 6.45) is 5.05. The highest BCUT2D eigenvalue weighted by atomic mass is 32.2. The first-order valence-electron chi connectivity index (χ1n) is 4.25. The minimum atomic E-state index is -2.72. The van der Waals surface area contributed by atoms with E-state index in [0.717, 1.165) is 6.42 Å². The quantitative estimate of drug-likeness (QED) is 0.639. The van der Waals surface area contributed by atoms with Crippen LogP contribution in [-0.2, 0) is 9.84 Å². The fourth-order valence-corrected chi connectivity index (χ4v) is 2.36. The molecule has 0 radical (unpaired) electrons. The molecule has 0 aromatic carbocycles. The summed E-state index contributed by atoms with van der Waals surface area (Å²) in [7, 11) is -2.72. The van der Waals surface area contributed by atoms with Crippen molar-refractivity contribution in [3.63, 3.8) is 0 Å². The van der Waals surface area contributed by atoms with E-state index in [1.54, 1.807) is 0 Å². The summed E-state index contributed by atoms with van der Waals surface area (Å²) in [6, 6.07) is 0. The zero-order valence-corrected chi connectivity index (χ0v) is 8.18. The molecule has 0 unspecified atom stereocenters. The van der Waals surface area contributed by atoms with Crippen LogP contribution in [0, 0.1) is 0 Å². The van der Waals surface area contributed by atoms with Crippen molar-refractivity contribution in [3.05, 3.63) is 12.3 Å². The standard InChI is InChI=1S/C8H15NO2S/c1-2-3-4-9-5-7-12(10,11)8-6-9/h3-4H,2,5-8H2,1H3/b4-3+. The number of sulfone groups is 1. The second kappa shape index (κ2) is 3.94. The Labute approximate surface area is 74.0 Å². The fourth-order valence-electron chi connectivity index (χ4n) is 1.13. The fraction of sp³-hybridized carbons (Fsp3) is 0.750. The van der Waals surface area contributed by atoms with Crippen LogP contribution in [0.15, 0.2) is 12.3 Å². The van der Waals surface area contributed by atoms with Gasteiger partial charge in [-0.05, 0) is 12.6 Å². The molecule has 0 spiro atoms. The highest BCUT2D eigenvalue weighted by molar-refractivity contribution is 7.91. The lowest BCUT2D eigenvalue weighted by Crippen LogP contribution is -2.36. The number of hydrogen-bond acceptors (Lipinski definition) is 3. The van der Waals surface area contributed by atoms with E-state index in [2.05, 4.69) is 17.9 Å². The van der Waals surface area contributed by atoms with Crippen LogP contribution < -0.4 is 0 Å². The summed E-state index contributed by atoms with van der Waals surface area (Å²) < 4.78 is 22.0. The van der Waals surface area contributed by atoms with Gasteiger partial charge in [0.25, 0.3) is 0 Å². The molecule has 3 nitrogen and oxygen atoms in total. The first kappa shape index (κ1) is 9.58. The Kier molecular flexibility index (Phi) is 3.14. The lowest BCUT2D eigenvalue weighted by Gasteiger charge is -2.24. The molecule has 0 aromatic heterocycles. The topological polar surface area (TPSA) is 37.4 Å². The van der Waals surface area contributed by atoms with E-state index in [1.807, 2.05) is 6.20 Å². The molecule has 0 atom stereocenters. The maximum absolute atomic E-state index is 11.0. The van der Waals surface area contributed by atoms with Crippen LogP contribution >= 0.6 is 0 Å². The van der Waals surface area contributed by atoms with E-state index < -0.39 is 9.84 Å². The zero-order chi connectivity index (χ0) is 9.03. The summed E-state index contributed by atoms with van der Waals surface area (Å²) >= 11 is 0. The highest BCUT2D eigenvalue weighted by Crippen LogP contribution is 2.03. The molecule has 1 fully saturated rings. The van der Waals surface area contributed by atoms with E-state index >= 15 is 0 Å². The van der Waals surface area contributed by atoms with Crippen LogP contribution in [-0.4, -0.2) is 37.9 Å². The molecule has 1 saturated heterocycles. The Morgan fingerprint density at radius 1 is 1.33 bits per heavy atom.